The van der Waals surface area contributed by atoms with Crippen molar-refractivity contribution in [1.29, 1.82) is 0 Å². The van der Waals surface area contributed by atoms with Gasteiger partial charge in [0, 0.05) is 13.3 Å². The van der Waals surface area contributed by atoms with E-state index in [1.807, 2.05) is 7.05 Å². The van der Waals surface area contributed by atoms with Crippen LogP contribution in [0.4, 0.5) is 0 Å². The quantitative estimate of drug-likeness (QED) is 0.412. The van der Waals surface area contributed by atoms with Gasteiger partial charge in [0.2, 0.25) is 0 Å². The first-order valence-corrected chi connectivity index (χ1v) is 8.55. The Kier molecular flexibility index (Phi) is 6.91. The molecule has 2 rings (SSSR count). The molecule has 5 atom stereocenters. The first-order valence-electron chi connectivity index (χ1n) is 8.55. The molecule has 0 saturated carbocycles. The molecule has 9 heteroatoms. The van der Waals surface area contributed by atoms with Gasteiger partial charge in [-0.1, -0.05) is 13.3 Å². The molecule has 0 aromatic carbocycles. The molecule has 1 fully saturated rings. The number of nitrogens with zero attached hydrogens (tertiary/aromatic N) is 1. The summed E-state index contributed by atoms with van der Waals surface area (Å²) in [5.41, 5.74) is -0.616. The van der Waals surface area contributed by atoms with Crippen LogP contribution in [0.2, 0.25) is 0 Å². The van der Waals surface area contributed by atoms with Gasteiger partial charge in [-0.2, -0.15) is 0 Å². The van der Waals surface area contributed by atoms with Crippen molar-refractivity contribution in [3.05, 3.63) is 32.6 Å². The van der Waals surface area contributed by atoms with Crippen molar-refractivity contribution in [2.24, 2.45) is 0 Å². The summed E-state index contributed by atoms with van der Waals surface area (Å²) >= 11 is 0. The molecule has 0 amide bonds. The van der Waals surface area contributed by atoms with Crippen LogP contribution in [0.15, 0.2) is 15.8 Å². The molecule has 0 bridgehead atoms. The second-order valence-corrected chi connectivity index (χ2v) is 6.50. The van der Waals surface area contributed by atoms with Gasteiger partial charge in [0.1, 0.15) is 24.9 Å². The number of aromatic nitrogens is 2. The Hall–Kier alpha value is -1.52. The zero-order valence-electron chi connectivity index (χ0n) is 14.9. The molecule has 142 valence electrons. The lowest BCUT2D eigenvalue weighted by atomic mass is 10.1. The van der Waals surface area contributed by atoms with Crippen molar-refractivity contribution >= 4 is 0 Å². The minimum atomic E-state index is -1.07. The van der Waals surface area contributed by atoms with E-state index in [4.69, 9.17) is 9.47 Å². The number of quaternary nitrogens is 1. The SMILES string of the molecule is CCCC[NH+](C)Cc1cn(C2OC(CO)C(O)C2OC)c(=O)[nH]c1=O. The van der Waals surface area contributed by atoms with Crippen LogP contribution in [0.25, 0.3) is 0 Å². The molecule has 1 aromatic heterocycles. The van der Waals surface area contributed by atoms with E-state index in [2.05, 4.69) is 11.9 Å². The Balaban J connectivity index is 2.30. The topological polar surface area (TPSA) is 118 Å². The van der Waals surface area contributed by atoms with Gasteiger partial charge in [-0.15, -0.1) is 0 Å². The molecule has 5 unspecified atom stereocenters. The summed E-state index contributed by atoms with van der Waals surface area (Å²) in [6, 6.07) is 0. The number of unbranched alkanes of at least 4 members (excludes halogenated alkanes) is 1. The highest BCUT2D eigenvalue weighted by atomic mass is 16.6. The van der Waals surface area contributed by atoms with Crippen molar-refractivity contribution in [2.45, 2.75) is 50.8 Å². The Labute approximate surface area is 145 Å². The third kappa shape index (κ3) is 4.36. The van der Waals surface area contributed by atoms with E-state index < -0.39 is 42.4 Å². The largest absolute Gasteiger partial charge is 0.394 e. The molecule has 4 N–H and O–H groups in total. The summed E-state index contributed by atoms with van der Waals surface area (Å²) in [4.78, 5) is 27.8. The van der Waals surface area contributed by atoms with Gasteiger partial charge in [0.25, 0.3) is 5.56 Å². The average molecular weight is 358 g/mol. The summed E-state index contributed by atoms with van der Waals surface area (Å²) in [7, 11) is 3.38. The first kappa shape index (κ1) is 19.8. The number of aliphatic hydroxyl groups is 2. The van der Waals surface area contributed by atoms with Gasteiger partial charge >= 0.3 is 5.69 Å². The first-order chi connectivity index (χ1) is 11.9. The molecule has 1 aromatic rings. The maximum Gasteiger partial charge on any atom is 0.330 e. The third-order valence-electron chi connectivity index (χ3n) is 4.53. The molecule has 1 aliphatic heterocycles. The summed E-state index contributed by atoms with van der Waals surface area (Å²) in [6.45, 7) is 3.09. The van der Waals surface area contributed by atoms with Crippen LogP contribution in [-0.2, 0) is 16.0 Å². The Morgan fingerprint density at radius 3 is 2.76 bits per heavy atom. The molecule has 0 radical (unpaired) electrons. The van der Waals surface area contributed by atoms with Gasteiger partial charge in [0.15, 0.2) is 6.23 Å². The van der Waals surface area contributed by atoms with Crippen LogP contribution < -0.4 is 16.1 Å². The fourth-order valence-electron chi connectivity index (χ4n) is 3.08. The Bertz CT molecular complexity index is 673. The minimum Gasteiger partial charge on any atom is -0.394 e. The van der Waals surface area contributed by atoms with Gasteiger partial charge in [-0.3, -0.25) is 14.3 Å². The zero-order valence-corrected chi connectivity index (χ0v) is 14.9. The maximum atomic E-state index is 12.2. The molecular formula is C16H28N3O6+. The van der Waals surface area contributed by atoms with E-state index in [1.165, 1.54) is 17.9 Å². The van der Waals surface area contributed by atoms with Crippen LogP contribution in [0, 0.1) is 0 Å². The van der Waals surface area contributed by atoms with Crippen LogP contribution in [-0.4, -0.2) is 65.4 Å². The van der Waals surface area contributed by atoms with Crippen LogP contribution in [0.3, 0.4) is 0 Å². The highest BCUT2D eigenvalue weighted by molar-refractivity contribution is 5.04. The lowest BCUT2D eigenvalue weighted by molar-refractivity contribution is -0.894. The number of methoxy groups -OCH3 is 1. The van der Waals surface area contributed by atoms with Gasteiger partial charge in [-0.05, 0) is 6.42 Å². The predicted octanol–water partition coefficient (Wildman–Crippen LogP) is -2.38. The molecule has 2 heterocycles. The summed E-state index contributed by atoms with van der Waals surface area (Å²) in [5, 5.41) is 19.4. The Morgan fingerprint density at radius 2 is 2.16 bits per heavy atom. The minimum absolute atomic E-state index is 0.396. The average Bonchev–Trinajstić information content (AvgIpc) is 2.90. The predicted molar refractivity (Wildman–Crippen MR) is 89.5 cm³/mol. The fraction of sp³-hybridized carbons (Fsp3) is 0.750. The zero-order chi connectivity index (χ0) is 18.6. The molecule has 0 spiro atoms. The van der Waals surface area contributed by atoms with Crippen molar-refractivity contribution in [2.75, 3.05) is 27.3 Å². The molecule has 25 heavy (non-hydrogen) atoms. The monoisotopic (exact) mass is 358 g/mol. The van der Waals surface area contributed by atoms with Crippen molar-refractivity contribution in [1.82, 2.24) is 9.55 Å². The number of H-pyrrole nitrogens is 1. The van der Waals surface area contributed by atoms with E-state index in [9.17, 15) is 19.8 Å². The van der Waals surface area contributed by atoms with Crippen LogP contribution >= 0.6 is 0 Å². The number of rotatable bonds is 8. The van der Waals surface area contributed by atoms with E-state index in [1.54, 1.807) is 0 Å². The maximum absolute atomic E-state index is 12.2. The second-order valence-electron chi connectivity index (χ2n) is 6.50. The fourth-order valence-corrected chi connectivity index (χ4v) is 3.08. The van der Waals surface area contributed by atoms with E-state index in [-0.39, 0.29) is 0 Å². The highest BCUT2D eigenvalue weighted by Crippen LogP contribution is 2.30. The van der Waals surface area contributed by atoms with Crippen molar-refractivity contribution in [3.63, 3.8) is 0 Å². The van der Waals surface area contributed by atoms with E-state index in [0.717, 1.165) is 24.3 Å². The standard InChI is InChI=1S/C16H27N3O6/c1-4-5-6-18(2)7-10-8-19(16(23)17-14(10)22)15-13(24-3)12(21)11(9-20)25-15/h8,11-13,15,20-21H,4-7,9H2,1-3H3,(H,17,22,23)/p+1. The third-order valence-corrected chi connectivity index (χ3v) is 4.53. The lowest BCUT2D eigenvalue weighted by Gasteiger charge is -2.21. The number of hydrogen-bond donors (Lipinski definition) is 4. The van der Waals surface area contributed by atoms with Gasteiger partial charge < -0.3 is 24.6 Å². The summed E-state index contributed by atoms with van der Waals surface area (Å²) in [6.07, 6.45) is -0.0884. The lowest BCUT2D eigenvalue weighted by Crippen LogP contribution is -3.07. The summed E-state index contributed by atoms with van der Waals surface area (Å²) in [5.74, 6) is 0. The van der Waals surface area contributed by atoms with Crippen LogP contribution in [0.5, 0.6) is 0 Å². The number of nitrogens with one attached hydrogen (secondary N) is 2. The summed E-state index contributed by atoms with van der Waals surface area (Å²) < 4.78 is 12.0. The van der Waals surface area contributed by atoms with Gasteiger partial charge in [-0.25, -0.2) is 4.79 Å². The molecule has 1 saturated heterocycles. The number of hydrogen-bond acceptors (Lipinski definition) is 6. The number of ether oxygens (including phenoxy) is 2. The smallest absolute Gasteiger partial charge is 0.330 e. The molecule has 9 nitrogen and oxygen atoms in total. The van der Waals surface area contributed by atoms with E-state index in [0.29, 0.717) is 12.1 Å². The highest BCUT2D eigenvalue weighted by Gasteiger charge is 2.45. The van der Waals surface area contributed by atoms with Crippen molar-refractivity contribution < 1.29 is 24.6 Å². The number of aliphatic hydroxyl groups excluding tert-OH is 2. The van der Waals surface area contributed by atoms with Crippen LogP contribution in [0.1, 0.15) is 31.6 Å². The number of aromatic amines is 1. The molecule has 0 aliphatic carbocycles. The van der Waals surface area contributed by atoms with E-state index >= 15 is 0 Å². The Morgan fingerprint density at radius 1 is 1.44 bits per heavy atom. The molecular weight excluding hydrogens is 330 g/mol. The second kappa shape index (κ2) is 8.72. The molecule has 1 aliphatic rings. The normalized spacial score (nSPS) is 27.6. The van der Waals surface area contributed by atoms with Crippen molar-refractivity contribution in [3.8, 4) is 0 Å². The van der Waals surface area contributed by atoms with Gasteiger partial charge in [0.05, 0.1) is 25.8 Å².